The van der Waals surface area contributed by atoms with Crippen molar-refractivity contribution in [2.75, 3.05) is 27.8 Å². The van der Waals surface area contributed by atoms with Gasteiger partial charge in [0.2, 0.25) is 5.91 Å². The number of amides is 1. The first kappa shape index (κ1) is 12.1. The molecule has 0 saturated heterocycles. The zero-order valence-electron chi connectivity index (χ0n) is 6.66. The van der Waals surface area contributed by atoms with Gasteiger partial charge >= 0.3 is 0 Å². The lowest BCUT2D eigenvalue weighted by atomic mass is 10.4. The summed E-state index contributed by atoms with van der Waals surface area (Å²) in [6.45, 7) is -0.0585. The van der Waals surface area contributed by atoms with E-state index in [1.54, 1.807) is 14.1 Å². The Labute approximate surface area is 61.1 Å². The highest BCUT2D eigenvalue weighted by molar-refractivity contribution is 5.75. The summed E-state index contributed by atoms with van der Waals surface area (Å²) < 4.78 is 0. The smallest absolute Gasteiger partial charge is 0.224 e. The number of nitrogens with zero attached hydrogens (tertiary/aromatic N) is 1. The highest BCUT2D eigenvalue weighted by Gasteiger charge is 1.99. The van der Waals surface area contributed by atoms with Crippen LogP contribution < -0.4 is 0 Å². The number of aliphatic hydroxyl groups excluding tert-OH is 2. The molecule has 0 aromatic carbocycles. The zero-order chi connectivity index (χ0) is 8.57. The third-order valence-electron chi connectivity index (χ3n) is 0.824. The van der Waals surface area contributed by atoms with E-state index in [2.05, 4.69) is 0 Å². The first-order valence-electron chi connectivity index (χ1n) is 2.94. The molecule has 0 aromatic heterocycles. The molecular formula is C6H15NO3. The Morgan fingerprint density at radius 1 is 1.40 bits per heavy atom. The van der Waals surface area contributed by atoms with Gasteiger partial charge in [-0.25, -0.2) is 0 Å². The maximum absolute atomic E-state index is 10.5. The number of carbonyl (C=O) groups is 1. The van der Waals surface area contributed by atoms with Crippen LogP contribution in [0.5, 0.6) is 0 Å². The predicted octanol–water partition coefficient (Wildman–Crippen LogP) is -0.935. The average molecular weight is 149 g/mol. The van der Waals surface area contributed by atoms with Crippen molar-refractivity contribution in [2.24, 2.45) is 0 Å². The van der Waals surface area contributed by atoms with E-state index in [4.69, 9.17) is 10.2 Å². The molecule has 0 fully saturated rings. The van der Waals surface area contributed by atoms with Gasteiger partial charge in [0.1, 0.15) is 0 Å². The van der Waals surface area contributed by atoms with E-state index < -0.39 is 0 Å². The summed E-state index contributed by atoms with van der Waals surface area (Å²) in [5.74, 6) is -0.0347. The third kappa shape index (κ3) is 7.39. The monoisotopic (exact) mass is 149 g/mol. The quantitative estimate of drug-likeness (QED) is 0.533. The molecule has 0 bridgehead atoms. The summed E-state index contributed by atoms with van der Waals surface area (Å²) in [5, 5.41) is 15.2. The summed E-state index contributed by atoms with van der Waals surface area (Å²) in [5.41, 5.74) is 0. The van der Waals surface area contributed by atoms with Crippen LogP contribution in [-0.4, -0.2) is 48.8 Å². The fourth-order valence-corrected chi connectivity index (χ4v) is 0.319. The first-order valence-corrected chi connectivity index (χ1v) is 2.94. The second kappa shape index (κ2) is 8.39. The van der Waals surface area contributed by atoms with Gasteiger partial charge in [-0.3, -0.25) is 4.79 Å². The first-order chi connectivity index (χ1) is 4.68. The van der Waals surface area contributed by atoms with Gasteiger partial charge in [0.15, 0.2) is 0 Å². The minimum Gasteiger partial charge on any atom is -0.400 e. The van der Waals surface area contributed by atoms with Crippen LogP contribution in [0.3, 0.4) is 0 Å². The molecule has 1 amide bonds. The van der Waals surface area contributed by atoms with Gasteiger partial charge in [-0.05, 0) is 0 Å². The van der Waals surface area contributed by atoms with Crippen molar-refractivity contribution in [1.82, 2.24) is 4.90 Å². The van der Waals surface area contributed by atoms with Crippen molar-refractivity contribution < 1.29 is 15.0 Å². The van der Waals surface area contributed by atoms with Gasteiger partial charge in [0, 0.05) is 27.6 Å². The minimum absolute atomic E-state index is 0.0347. The van der Waals surface area contributed by atoms with Gasteiger partial charge < -0.3 is 15.1 Å². The Bertz CT molecular complexity index is 83.1. The molecule has 10 heavy (non-hydrogen) atoms. The van der Waals surface area contributed by atoms with Crippen LogP contribution in [0.25, 0.3) is 0 Å². The SMILES string of the molecule is CN(C)C(=O)CCO.CO. The molecule has 0 unspecified atom stereocenters. The molecule has 0 aliphatic heterocycles. The molecule has 62 valence electrons. The third-order valence-corrected chi connectivity index (χ3v) is 0.824. The topological polar surface area (TPSA) is 60.8 Å². The Morgan fingerprint density at radius 2 is 1.80 bits per heavy atom. The Morgan fingerprint density at radius 3 is 1.90 bits per heavy atom. The highest BCUT2D eigenvalue weighted by Crippen LogP contribution is 1.82. The van der Waals surface area contributed by atoms with E-state index >= 15 is 0 Å². The fourth-order valence-electron chi connectivity index (χ4n) is 0.319. The van der Waals surface area contributed by atoms with Crippen molar-refractivity contribution in [3.8, 4) is 0 Å². The molecule has 0 rings (SSSR count). The maximum atomic E-state index is 10.5. The molecular weight excluding hydrogens is 134 g/mol. The van der Waals surface area contributed by atoms with Crippen LogP contribution in [0.2, 0.25) is 0 Å². The van der Waals surface area contributed by atoms with Crippen molar-refractivity contribution in [2.45, 2.75) is 6.42 Å². The second-order valence-electron chi connectivity index (χ2n) is 1.76. The van der Waals surface area contributed by atoms with Crippen LogP contribution in [0, 0.1) is 0 Å². The van der Waals surface area contributed by atoms with E-state index in [1.165, 1.54) is 4.90 Å². The Balaban J connectivity index is 0. The molecule has 0 aromatic rings. The summed E-state index contributed by atoms with van der Waals surface area (Å²) in [4.78, 5) is 12.0. The summed E-state index contributed by atoms with van der Waals surface area (Å²) in [7, 11) is 4.33. The van der Waals surface area contributed by atoms with Crippen molar-refractivity contribution in [3.63, 3.8) is 0 Å². The molecule has 0 aliphatic carbocycles. The van der Waals surface area contributed by atoms with Gasteiger partial charge in [-0.15, -0.1) is 0 Å². The van der Waals surface area contributed by atoms with Crippen LogP contribution in [0.15, 0.2) is 0 Å². The Kier molecular flexibility index (Phi) is 10.2. The molecule has 0 radical (unpaired) electrons. The lowest BCUT2D eigenvalue weighted by molar-refractivity contribution is -0.129. The summed E-state index contributed by atoms with van der Waals surface area (Å²) in [6, 6.07) is 0. The van der Waals surface area contributed by atoms with E-state index in [-0.39, 0.29) is 18.9 Å². The summed E-state index contributed by atoms with van der Waals surface area (Å²) in [6.07, 6.45) is 0.229. The van der Waals surface area contributed by atoms with Crippen molar-refractivity contribution in [1.29, 1.82) is 0 Å². The molecule has 0 aliphatic rings. The van der Waals surface area contributed by atoms with Gasteiger partial charge in [-0.2, -0.15) is 0 Å². The molecule has 0 heterocycles. The lowest BCUT2D eigenvalue weighted by Gasteiger charge is -2.07. The average Bonchev–Trinajstić information content (AvgIpc) is 1.93. The van der Waals surface area contributed by atoms with Crippen molar-refractivity contribution in [3.05, 3.63) is 0 Å². The molecule has 2 N–H and O–H groups in total. The van der Waals surface area contributed by atoms with Gasteiger partial charge in [0.25, 0.3) is 0 Å². The molecule has 0 spiro atoms. The van der Waals surface area contributed by atoms with Crippen LogP contribution in [-0.2, 0) is 4.79 Å². The van der Waals surface area contributed by atoms with Gasteiger partial charge in [-0.1, -0.05) is 0 Å². The fraction of sp³-hybridized carbons (Fsp3) is 0.833. The second-order valence-corrected chi connectivity index (χ2v) is 1.76. The summed E-state index contributed by atoms with van der Waals surface area (Å²) >= 11 is 0. The Hall–Kier alpha value is -0.610. The predicted molar refractivity (Wildman–Crippen MR) is 38.5 cm³/mol. The molecule has 0 saturated carbocycles. The maximum Gasteiger partial charge on any atom is 0.224 e. The van der Waals surface area contributed by atoms with Crippen molar-refractivity contribution >= 4 is 5.91 Å². The molecule has 4 nitrogen and oxygen atoms in total. The van der Waals surface area contributed by atoms with Crippen LogP contribution in [0.4, 0.5) is 0 Å². The molecule has 4 heteroatoms. The number of rotatable bonds is 2. The molecule has 0 atom stereocenters. The van der Waals surface area contributed by atoms with E-state index in [9.17, 15) is 4.79 Å². The van der Waals surface area contributed by atoms with E-state index in [0.717, 1.165) is 7.11 Å². The number of hydrogen-bond acceptors (Lipinski definition) is 3. The van der Waals surface area contributed by atoms with Gasteiger partial charge in [0.05, 0.1) is 6.61 Å². The van der Waals surface area contributed by atoms with Crippen LogP contribution in [0.1, 0.15) is 6.42 Å². The van der Waals surface area contributed by atoms with E-state index in [0.29, 0.717) is 0 Å². The minimum atomic E-state index is -0.0585. The largest absolute Gasteiger partial charge is 0.400 e. The lowest BCUT2D eigenvalue weighted by Crippen LogP contribution is -2.22. The number of aliphatic hydroxyl groups is 2. The number of hydrogen-bond donors (Lipinski definition) is 2. The normalized spacial score (nSPS) is 7.70. The highest BCUT2D eigenvalue weighted by atomic mass is 16.3. The van der Waals surface area contributed by atoms with Crippen LogP contribution >= 0.6 is 0 Å². The van der Waals surface area contributed by atoms with E-state index in [1.807, 2.05) is 0 Å². The number of carbonyl (C=O) groups excluding carboxylic acids is 1. The zero-order valence-corrected chi connectivity index (χ0v) is 6.66. The standard InChI is InChI=1S/C5H11NO2.CH4O/c1-6(2)5(8)3-4-7;1-2/h7H,3-4H2,1-2H3;2H,1H3.